The predicted molar refractivity (Wildman–Crippen MR) is 23.9 cm³/mol. The second-order valence-corrected chi connectivity index (χ2v) is 4.76. The van der Waals surface area contributed by atoms with Crippen LogP contribution in [0.1, 0.15) is 0 Å². The van der Waals surface area contributed by atoms with Crippen molar-refractivity contribution in [2.45, 2.75) is 0 Å². The van der Waals surface area contributed by atoms with Crippen LogP contribution in [0.2, 0.25) is 0 Å². The van der Waals surface area contributed by atoms with Crippen LogP contribution in [0.4, 0.5) is 0 Å². The molecule has 0 aromatic carbocycles. The van der Waals surface area contributed by atoms with Crippen molar-refractivity contribution in [2.75, 3.05) is 0 Å². The van der Waals surface area contributed by atoms with Crippen LogP contribution in [0, 0.1) is 0 Å². The second kappa shape index (κ2) is 7.55. The Labute approximate surface area is 102 Å². The van der Waals surface area contributed by atoms with Crippen LogP contribution in [0.25, 0.3) is 0 Å². The van der Waals surface area contributed by atoms with Crippen molar-refractivity contribution in [3.63, 3.8) is 0 Å². The van der Waals surface area contributed by atoms with Crippen LogP contribution in [0.15, 0.2) is 0 Å². The monoisotopic (exact) mass is 359 g/mol. The third-order valence-corrected chi connectivity index (χ3v) is 1.80. The van der Waals surface area contributed by atoms with Gasteiger partial charge in [0.05, 0.1) is 15.6 Å². The van der Waals surface area contributed by atoms with Crippen molar-refractivity contribution in [1.82, 2.24) is 0 Å². The molecule has 0 heterocycles. The Hall–Kier alpha value is 1.25. The molecule has 0 amide bonds. The SMILES string of the molecule is O=P([O-])([O-])OP(=O)([O-])[O-].O=P([O-])([O-])[O-].[Zr+2]. The number of rotatable bonds is 2. The third kappa shape index (κ3) is 50.9. The zero-order valence-corrected chi connectivity index (χ0v) is 11.5. The molecular weight excluding hydrogens is 360 g/mol. The van der Waals surface area contributed by atoms with Crippen LogP contribution in [-0.2, 0) is 44.2 Å². The molecule has 0 saturated heterocycles. The van der Waals surface area contributed by atoms with Gasteiger partial charge in [-0.1, -0.05) is 0 Å². The Kier molecular flexibility index (Phi) is 10.8. The Bertz CT molecular complexity index is 259. The molecule has 0 spiro atoms. The molecule has 0 saturated carbocycles. The fraction of sp³-hybridized carbons (Fsp3) is 0. The zero-order chi connectivity index (χ0) is 12.2. The first-order chi connectivity index (χ1) is 5.71. The Morgan fingerprint density at radius 1 is 0.667 bits per heavy atom. The summed E-state index contributed by atoms with van der Waals surface area (Å²) < 4.78 is 29.7. The maximum Gasteiger partial charge on any atom is 2.00 e. The number of hydrogen-bond acceptors (Lipinski definition) is 11. The molecule has 90 valence electrons. The first-order valence-electron chi connectivity index (χ1n) is 2.19. The van der Waals surface area contributed by atoms with Gasteiger partial charge in [0.15, 0.2) is 0 Å². The smallest absolute Gasteiger partial charge is 0.822 e. The third-order valence-electron chi connectivity index (χ3n) is 0.200. The van der Waals surface area contributed by atoms with Gasteiger partial charge in [0.25, 0.3) is 0 Å². The average Bonchev–Trinajstić information content (AvgIpc) is 1.42. The van der Waals surface area contributed by atoms with E-state index in [2.05, 4.69) is 4.31 Å². The van der Waals surface area contributed by atoms with Gasteiger partial charge in [-0.05, 0) is 0 Å². The zero-order valence-electron chi connectivity index (χ0n) is 6.33. The van der Waals surface area contributed by atoms with E-state index in [1.807, 2.05) is 0 Å². The topological polar surface area (TPSA) is 222 Å². The van der Waals surface area contributed by atoms with E-state index in [-0.39, 0.29) is 26.2 Å². The molecular formula is O11P3Zr-5. The summed E-state index contributed by atoms with van der Waals surface area (Å²) in [6, 6.07) is 0. The van der Waals surface area contributed by atoms with Crippen LogP contribution in [0.5, 0.6) is 0 Å². The minimum atomic E-state index is -5.68. The van der Waals surface area contributed by atoms with Crippen molar-refractivity contribution in [3.8, 4) is 0 Å². The van der Waals surface area contributed by atoms with Gasteiger partial charge >= 0.3 is 26.2 Å². The Morgan fingerprint density at radius 2 is 0.800 bits per heavy atom. The van der Waals surface area contributed by atoms with Crippen molar-refractivity contribution in [3.05, 3.63) is 0 Å². The first kappa shape index (κ1) is 21.5. The average molecular weight is 360 g/mol. The van der Waals surface area contributed by atoms with Crippen molar-refractivity contribution in [1.29, 1.82) is 0 Å². The van der Waals surface area contributed by atoms with Gasteiger partial charge in [-0.2, -0.15) is 7.82 Å². The Balaban J connectivity index is -0.000000208. The molecule has 0 aliphatic heterocycles. The molecule has 0 bridgehead atoms. The predicted octanol–water partition coefficient (Wildman–Crippen LogP) is -6.17. The molecule has 11 nitrogen and oxygen atoms in total. The summed E-state index contributed by atoms with van der Waals surface area (Å²) in [5.74, 6) is 0. The standard InChI is InChI=1S/H4O7P2.H3O4P.Zr/c1-8(2,3)7-9(4,5)6;1-5(2,3)4;/h(H2,1,2,3)(H2,4,5,6);(H3,1,2,3,4);/q;;+2/p-7. The summed E-state index contributed by atoms with van der Waals surface area (Å²) in [6.07, 6.45) is 0. The summed E-state index contributed by atoms with van der Waals surface area (Å²) in [6.45, 7) is 0. The van der Waals surface area contributed by atoms with Crippen LogP contribution in [0.3, 0.4) is 0 Å². The van der Waals surface area contributed by atoms with Gasteiger partial charge in [0, 0.05) is 0 Å². The van der Waals surface area contributed by atoms with Gasteiger partial charge in [0.2, 0.25) is 0 Å². The van der Waals surface area contributed by atoms with Crippen molar-refractivity contribution in [2.24, 2.45) is 0 Å². The molecule has 0 aliphatic rings. The molecule has 15 heavy (non-hydrogen) atoms. The molecule has 0 fully saturated rings. The van der Waals surface area contributed by atoms with E-state index in [1.54, 1.807) is 0 Å². The quantitative estimate of drug-likeness (QED) is 0.421. The van der Waals surface area contributed by atoms with E-state index in [0.29, 0.717) is 0 Å². The Morgan fingerprint density at radius 3 is 0.800 bits per heavy atom. The summed E-state index contributed by atoms with van der Waals surface area (Å²) >= 11 is 0. The molecule has 0 radical (unpaired) electrons. The maximum absolute atomic E-state index is 9.32. The summed E-state index contributed by atoms with van der Waals surface area (Å²) in [4.78, 5) is 62.9. The largest absolute Gasteiger partial charge is 2.00 e. The second-order valence-electron chi connectivity index (χ2n) is 1.42. The molecule has 0 aromatic heterocycles. The van der Waals surface area contributed by atoms with Crippen molar-refractivity contribution < 1.29 is 78.5 Å². The van der Waals surface area contributed by atoms with Gasteiger partial charge in [-0.3, -0.25) is 0 Å². The normalized spacial score (nSPS) is 12.2. The molecule has 0 atom stereocenters. The number of phosphoric acid groups is 3. The molecule has 0 N–H and O–H groups in total. The summed E-state index contributed by atoms with van der Waals surface area (Å²) in [5.41, 5.74) is 0. The van der Waals surface area contributed by atoms with Crippen LogP contribution >= 0.6 is 23.5 Å². The molecule has 0 aromatic rings. The van der Waals surface area contributed by atoms with Crippen LogP contribution in [-0.4, -0.2) is 0 Å². The summed E-state index contributed by atoms with van der Waals surface area (Å²) in [5, 5.41) is 0. The molecule has 0 rings (SSSR count). The summed E-state index contributed by atoms with van der Waals surface area (Å²) in [7, 11) is -16.7. The molecule has 0 aliphatic carbocycles. The fourth-order valence-electron chi connectivity index (χ4n) is 0.122. The van der Waals surface area contributed by atoms with E-state index >= 15 is 0 Å². The van der Waals surface area contributed by atoms with Gasteiger partial charge in [-0.25, -0.2) is 0 Å². The van der Waals surface area contributed by atoms with E-state index in [4.69, 9.17) is 19.2 Å². The van der Waals surface area contributed by atoms with E-state index in [9.17, 15) is 28.7 Å². The first-order valence-corrected chi connectivity index (χ1v) is 6.57. The molecule has 0 unspecified atom stereocenters. The van der Waals surface area contributed by atoms with Gasteiger partial charge in [-0.15, -0.1) is 0 Å². The minimum absolute atomic E-state index is 0. The van der Waals surface area contributed by atoms with E-state index in [0.717, 1.165) is 0 Å². The minimum Gasteiger partial charge on any atom is -0.822 e. The van der Waals surface area contributed by atoms with E-state index in [1.165, 1.54) is 0 Å². The molecule has 15 heteroatoms. The number of hydrogen-bond donors (Lipinski definition) is 0. The fourth-order valence-corrected chi connectivity index (χ4v) is 1.10. The maximum atomic E-state index is 9.32. The van der Waals surface area contributed by atoms with Crippen molar-refractivity contribution >= 4 is 23.5 Å². The van der Waals surface area contributed by atoms with Crippen LogP contribution < -0.4 is 34.3 Å². The van der Waals surface area contributed by atoms with Gasteiger partial charge < -0.3 is 52.3 Å². The van der Waals surface area contributed by atoms with Gasteiger partial charge in [0.1, 0.15) is 0 Å². The van der Waals surface area contributed by atoms with E-state index < -0.39 is 23.5 Å².